The van der Waals surface area contributed by atoms with Crippen molar-refractivity contribution in [2.75, 3.05) is 19.1 Å². The summed E-state index contributed by atoms with van der Waals surface area (Å²) in [4.78, 5) is 27.0. The Labute approximate surface area is 207 Å². The second-order valence-electron chi connectivity index (χ2n) is 6.82. The maximum atomic E-state index is 14.8. The largest absolute Gasteiger partial charge is 0.466 e. The van der Waals surface area contributed by atoms with Crippen molar-refractivity contribution in [1.29, 1.82) is 10.5 Å². The van der Waals surface area contributed by atoms with Gasteiger partial charge in [-0.05, 0) is 27.6 Å². The summed E-state index contributed by atoms with van der Waals surface area (Å²) in [5, 5.41) is 19.3. The van der Waals surface area contributed by atoms with Crippen LogP contribution in [-0.2, 0) is 19.1 Å². The molecule has 0 amide bonds. The Morgan fingerprint density at radius 3 is 2.29 bits per heavy atom. The molecule has 2 aromatic rings. The number of halogens is 3. The molecular weight excluding hydrogens is 531 g/mol. The number of anilines is 1. The number of benzene rings is 2. The van der Waals surface area contributed by atoms with Crippen molar-refractivity contribution in [3.8, 4) is 12.1 Å². The fraction of sp³-hybridized carbons (Fsp3) is 0.130. The number of rotatable bonds is 4. The number of esters is 2. The highest BCUT2D eigenvalue weighted by Crippen LogP contribution is 2.46. The van der Waals surface area contributed by atoms with E-state index in [1.165, 1.54) is 0 Å². The predicted molar refractivity (Wildman–Crippen MR) is 123 cm³/mol. The van der Waals surface area contributed by atoms with Gasteiger partial charge in [0.05, 0.1) is 48.1 Å². The third kappa shape index (κ3) is 3.98. The number of carbonyl (C=O) groups is 2. The van der Waals surface area contributed by atoms with Gasteiger partial charge in [0.2, 0.25) is 0 Å². The van der Waals surface area contributed by atoms with Crippen molar-refractivity contribution in [3.63, 3.8) is 0 Å². The monoisotopic (exact) mass is 544 g/mol. The van der Waals surface area contributed by atoms with Gasteiger partial charge >= 0.3 is 11.9 Å². The summed E-state index contributed by atoms with van der Waals surface area (Å²) < 4.78 is 24.7. The first-order valence-corrected chi connectivity index (χ1v) is 10.6. The molecule has 2 N–H and O–H groups in total. The van der Waals surface area contributed by atoms with Gasteiger partial charge in [0.25, 0.3) is 0 Å². The minimum absolute atomic E-state index is 0.0690. The van der Waals surface area contributed by atoms with Gasteiger partial charge in [-0.25, -0.2) is 14.0 Å². The number of carbonyl (C=O) groups excluding carboxylic acids is 2. The fourth-order valence-corrected chi connectivity index (χ4v) is 4.59. The van der Waals surface area contributed by atoms with E-state index in [2.05, 4.69) is 15.9 Å². The minimum Gasteiger partial charge on any atom is -0.466 e. The van der Waals surface area contributed by atoms with Gasteiger partial charge in [0, 0.05) is 4.47 Å². The molecule has 2 aromatic carbocycles. The lowest BCUT2D eigenvalue weighted by molar-refractivity contribution is -0.139. The topological polar surface area (TPSA) is 129 Å². The van der Waals surface area contributed by atoms with E-state index >= 15 is 0 Å². The second kappa shape index (κ2) is 9.96. The van der Waals surface area contributed by atoms with Gasteiger partial charge in [-0.2, -0.15) is 10.5 Å². The highest BCUT2D eigenvalue weighted by Gasteiger charge is 2.44. The maximum absolute atomic E-state index is 14.8. The molecule has 11 heteroatoms. The van der Waals surface area contributed by atoms with E-state index in [1.54, 1.807) is 36.4 Å². The summed E-state index contributed by atoms with van der Waals surface area (Å²) in [7, 11) is 2.17. The van der Waals surface area contributed by atoms with Gasteiger partial charge in [0.1, 0.15) is 23.2 Å². The molecule has 1 unspecified atom stereocenters. The maximum Gasteiger partial charge on any atom is 0.355 e. The lowest BCUT2D eigenvalue weighted by atomic mass is 9.80. The molecule has 1 atom stereocenters. The quantitative estimate of drug-likeness (QED) is 0.451. The zero-order valence-corrected chi connectivity index (χ0v) is 20.1. The molecule has 8 nitrogen and oxygen atoms in total. The first-order valence-electron chi connectivity index (χ1n) is 9.46. The predicted octanol–water partition coefficient (Wildman–Crippen LogP) is 4.01. The molecular formula is C23H15BrClFN4O4. The number of allylic oxidation sites excluding steroid dienone is 1. The first kappa shape index (κ1) is 24.8. The zero-order valence-electron chi connectivity index (χ0n) is 17.7. The third-order valence-corrected chi connectivity index (χ3v) is 5.97. The number of nitrogens with two attached hydrogens (primary N) is 1. The van der Waals surface area contributed by atoms with Crippen molar-refractivity contribution in [2.45, 2.75) is 5.92 Å². The summed E-state index contributed by atoms with van der Waals surface area (Å²) >= 11 is 9.10. The summed E-state index contributed by atoms with van der Waals surface area (Å²) in [5.74, 6) is -4.49. The molecule has 0 fully saturated rings. The molecule has 1 heterocycles. The fourth-order valence-electron chi connectivity index (χ4n) is 3.65. The number of nitriles is 2. The van der Waals surface area contributed by atoms with E-state index in [-0.39, 0.29) is 32.1 Å². The molecule has 1 aliphatic rings. The lowest BCUT2D eigenvalue weighted by Gasteiger charge is -2.36. The molecule has 0 saturated carbocycles. The standard InChI is InChI=1S/C23H15BrClFN4O4/c1-33-22(31)17-16(11-6-4-3-5-7-11)12(9-27)21(29)30(20(17)23(32)34-2)19-13(10-28)18(26)15(25)8-14(19)24/h3-8,16H,29H2,1-2H3. The normalized spacial score (nSPS) is 15.5. The van der Waals surface area contributed by atoms with Crippen molar-refractivity contribution < 1.29 is 23.5 Å². The van der Waals surface area contributed by atoms with Crippen molar-refractivity contribution >= 4 is 45.2 Å². The Balaban J connectivity index is 2.54. The van der Waals surface area contributed by atoms with Crippen LogP contribution in [-0.4, -0.2) is 26.2 Å². The molecule has 1 aliphatic heterocycles. The molecule has 0 saturated heterocycles. The average molecular weight is 546 g/mol. The van der Waals surface area contributed by atoms with Crippen molar-refractivity contribution in [2.24, 2.45) is 5.73 Å². The van der Waals surface area contributed by atoms with Crippen LogP contribution in [0.1, 0.15) is 17.0 Å². The Bertz CT molecular complexity index is 1350. The highest BCUT2D eigenvalue weighted by molar-refractivity contribution is 9.10. The van der Waals surface area contributed by atoms with Crippen molar-refractivity contribution in [1.82, 2.24) is 0 Å². The Morgan fingerprint density at radius 2 is 1.76 bits per heavy atom. The number of nitrogens with zero attached hydrogens (tertiary/aromatic N) is 3. The van der Waals surface area contributed by atoms with Crippen LogP contribution in [0.3, 0.4) is 0 Å². The van der Waals surface area contributed by atoms with Crippen LogP contribution < -0.4 is 10.6 Å². The number of methoxy groups -OCH3 is 2. The lowest BCUT2D eigenvalue weighted by Crippen LogP contribution is -2.41. The Morgan fingerprint density at radius 1 is 1.15 bits per heavy atom. The van der Waals surface area contributed by atoms with E-state index in [0.717, 1.165) is 25.2 Å². The van der Waals surface area contributed by atoms with Crippen LogP contribution >= 0.6 is 27.5 Å². The number of hydrogen-bond donors (Lipinski definition) is 1. The van der Waals surface area contributed by atoms with E-state index < -0.39 is 34.9 Å². The molecule has 0 aliphatic carbocycles. The van der Waals surface area contributed by atoms with Gasteiger partial charge in [-0.3, -0.25) is 4.90 Å². The van der Waals surface area contributed by atoms with Gasteiger partial charge in [0.15, 0.2) is 5.82 Å². The summed E-state index contributed by atoms with van der Waals surface area (Å²) in [6.45, 7) is 0. The minimum atomic E-state index is -1.11. The van der Waals surface area contributed by atoms with Crippen LogP contribution in [0.25, 0.3) is 0 Å². The highest BCUT2D eigenvalue weighted by atomic mass is 79.9. The van der Waals surface area contributed by atoms with Crippen LogP contribution in [0.5, 0.6) is 0 Å². The molecule has 0 bridgehead atoms. The number of hydrogen-bond acceptors (Lipinski definition) is 8. The van der Waals surface area contributed by atoms with Gasteiger partial charge < -0.3 is 15.2 Å². The van der Waals surface area contributed by atoms with Gasteiger partial charge in [-0.1, -0.05) is 41.9 Å². The van der Waals surface area contributed by atoms with Gasteiger partial charge in [-0.15, -0.1) is 0 Å². The van der Waals surface area contributed by atoms with Crippen LogP contribution in [0.2, 0.25) is 5.02 Å². The molecule has 172 valence electrons. The summed E-state index contributed by atoms with van der Waals surface area (Å²) in [6, 6.07) is 13.2. The Hall–Kier alpha value is -3.86. The number of ether oxygens (including phenoxy) is 2. The van der Waals surface area contributed by atoms with E-state index in [1.807, 2.05) is 6.07 Å². The van der Waals surface area contributed by atoms with Crippen LogP contribution in [0, 0.1) is 28.5 Å². The van der Waals surface area contributed by atoms with Crippen LogP contribution in [0.4, 0.5) is 10.1 Å². The molecule has 3 rings (SSSR count). The second-order valence-corrected chi connectivity index (χ2v) is 8.09. The Kier molecular flexibility index (Phi) is 7.26. The first-order chi connectivity index (χ1) is 16.2. The van der Waals surface area contributed by atoms with E-state index in [9.17, 15) is 24.5 Å². The average Bonchev–Trinajstić information content (AvgIpc) is 2.85. The van der Waals surface area contributed by atoms with Crippen molar-refractivity contribution in [3.05, 3.63) is 85.5 Å². The molecule has 34 heavy (non-hydrogen) atoms. The molecule has 0 spiro atoms. The van der Waals surface area contributed by atoms with Crippen LogP contribution in [0.15, 0.2) is 63.5 Å². The zero-order chi connectivity index (χ0) is 25.2. The third-order valence-electron chi connectivity index (χ3n) is 5.09. The van der Waals surface area contributed by atoms with E-state index in [0.29, 0.717) is 5.56 Å². The molecule has 0 aromatic heterocycles. The SMILES string of the molecule is COC(=O)C1=C(C(=O)OC)N(c2c(Br)cc(Cl)c(F)c2C#N)C(N)=C(C#N)C1c1ccccc1. The molecule has 0 radical (unpaired) electrons. The summed E-state index contributed by atoms with van der Waals surface area (Å²) in [6.07, 6.45) is 0. The smallest absolute Gasteiger partial charge is 0.355 e. The van der Waals surface area contributed by atoms with E-state index in [4.69, 9.17) is 26.8 Å². The summed E-state index contributed by atoms with van der Waals surface area (Å²) in [5.41, 5.74) is 5.14.